The van der Waals surface area contributed by atoms with Gasteiger partial charge in [0.25, 0.3) is 0 Å². The number of benzene rings is 1. The summed E-state index contributed by atoms with van der Waals surface area (Å²) in [5.74, 6) is 1.40. The van der Waals surface area contributed by atoms with Crippen LogP contribution < -0.4 is 10.2 Å². The normalized spacial score (nSPS) is 20.0. The molecule has 4 rings (SSSR count). The molecule has 0 saturated carbocycles. The minimum atomic E-state index is -0.0154. The minimum absolute atomic E-state index is 0.0154. The molecule has 1 amide bonds. The van der Waals surface area contributed by atoms with Gasteiger partial charge in [-0.2, -0.15) is 0 Å². The van der Waals surface area contributed by atoms with E-state index in [2.05, 4.69) is 44.0 Å². The number of rotatable bonds is 5. The maximum atomic E-state index is 12.5. The van der Waals surface area contributed by atoms with Crippen molar-refractivity contribution in [3.63, 3.8) is 0 Å². The summed E-state index contributed by atoms with van der Waals surface area (Å²) >= 11 is 5.91. The molecule has 1 fully saturated rings. The molecule has 0 bridgehead atoms. The quantitative estimate of drug-likeness (QED) is 0.671. The Morgan fingerprint density at radius 3 is 2.90 bits per heavy atom. The van der Waals surface area contributed by atoms with Crippen molar-refractivity contribution < 1.29 is 4.79 Å². The first-order chi connectivity index (χ1) is 14.0. The zero-order valence-corrected chi connectivity index (χ0v) is 17.4. The second-order valence-electron chi connectivity index (χ2n) is 7.67. The Morgan fingerprint density at radius 1 is 1.31 bits per heavy atom. The molecular weight excluding hydrogens is 388 g/mol. The maximum Gasteiger partial charge on any atom is 0.238 e. The SMILES string of the molecule is CC1CCN(CC(=O)Nc2ccc(Cl)cc2)CC1N(C)c1ncnc2[nH]ccc12. The van der Waals surface area contributed by atoms with E-state index >= 15 is 0 Å². The summed E-state index contributed by atoms with van der Waals surface area (Å²) in [4.78, 5) is 28.9. The molecule has 1 aliphatic heterocycles. The monoisotopic (exact) mass is 412 g/mol. The number of halogens is 1. The number of nitrogens with zero attached hydrogens (tertiary/aromatic N) is 4. The Bertz CT molecular complexity index is 988. The molecular formula is C21H25ClN6O. The highest BCUT2D eigenvalue weighted by molar-refractivity contribution is 6.30. The number of fused-ring (bicyclic) bond motifs is 1. The van der Waals surface area contributed by atoms with Gasteiger partial charge in [-0.1, -0.05) is 18.5 Å². The van der Waals surface area contributed by atoms with Crippen LogP contribution in [0.15, 0.2) is 42.9 Å². The molecule has 2 aromatic heterocycles. The number of carbonyl (C=O) groups excluding carboxylic acids is 1. The van der Waals surface area contributed by atoms with Crippen molar-refractivity contribution in [2.75, 3.05) is 36.9 Å². The summed E-state index contributed by atoms with van der Waals surface area (Å²) in [6.07, 6.45) is 4.51. The fourth-order valence-corrected chi connectivity index (χ4v) is 4.12. The molecule has 2 atom stereocenters. The fraction of sp³-hybridized carbons (Fsp3) is 0.381. The van der Waals surface area contributed by atoms with Gasteiger partial charge in [0.1, 0.15) is 17.8 Å². The van der Waals surface area contributed by atoms with Crippen LogP contribution in [0.4, 0.5) is 11.5 Å². The van der Waals surface area contributed by atoms with E-state index in [0.29, 0.717) is 17.5 Å². The van der Waals surface area contributed by atoms with Crippen LogP contribution in [0.5, 0.6) is 0 Å². The van der Waals surface area contributed by atoms with Crippen molar-refractivity contribution in [3.8, 4) is 0 Å². The third-order valence-corrected chi connectivity index (χ3v) is 5.91. The second kappa shape index (κ2) is 8.39. The Labute approximate surface area is 175 Å². The van der Waals surface area contributed by atoms with Crippen molar-refractivity contribution in [3.05, 3.63) is 47.9 Å². The molecule has 0 radical (unpaired) electrons. The Morgan fingerprint density at radius 2 is 2.10 bits per heavy atom. The lowest BCUT2D eigenvalue weighted by molar-refractivity contribution is -0.117. The third-order valence-electron chi connectivity index (χ3n) is 5.66. The molecule has 3 aromatic rings. The molecule has 8 heteroatoms. The molecule has 0 spiro atoms. The van der Waals surface area contributed by atoms with Gasteiger partial charge in [-0.15, -0.1) is 0 Å². The number of carbonyl (C=O) groups is 1. The zero-order chi connectivity index (χ0) is 20.4. The standard InChI is InChI=1S/C21H25ClN6O/c1-14-8-10-28(12-19(29)26-16-5-3-15(22)4-6-16)11-18(14)27(2)21-17-7-9-23-20(17)24-13-25-21/h3-7,9,13-14,18H,8,10-12H2,1-2H3,(H,26,29)(H,23,24,25). The van der Waals surface area contributed by atoms with Gasteiger partial charge in [0.15, 0.2) is 0 Å². The van der Waals surface area contributed by atoms with Gasteiger partial charge in [0.05, 0.1) is 11.9 Å². The topological polar surface area (TPSA) is 77.2 Å². The van der Waals surface area contributed by atoms with Crippen molar-refractivity contribution in [2.24, 2.45) is 5.92 Å². The number of hydrogen-bond acceptors (Lipinski definition) is 5. The van der Waals surface area contributed by atoms with Crippen LogP contribution in [0.2, 0.25) is 5.02 Å². The molecule has 1 saturated heterocycles. The van der Waals surface area contributed by atoms with Gasteiger partial charge in [0.2, 0.25) is 5.91 Å². The number of aromatic amines is 1. The number of amides is 1. The largest absolute Gasteiger partial charge is 0.354 e. The smallest absolute Gasteiger partial charge is 0.238 e. The first kappa shape index (κ1) is 19.7. The van der Waals surface area contributed by atoms with Gasteiger partial charge >= 0.3 is 0 Å². The van der Waals surface area contributed by atoms with Crippen molar-refractivity contribution >= 4 is 40.0 Å². The van der Waals surface area contributed by atoms with E-state index in [-0.39, 0.29) is 11.9 Å². The lowest BCUT2D eigenvalue weighted by Crippen LogP contribution is -2.52. The third kappa shape index (κ3) is 4.36. The number of anilines is 2. The summed E-state index contributed by atoms with van der Waals surface area (Å²) in [5, 5.41) is 4.61. The highest BCUT2D eigenvalue weighted by Gasteiger charge is 2.31. The van der Waals surface area contributed by atoms with Gasteiger partial charge in [-0.25, -0.2) is 9.97 Å². The highest BCUT2D eigenvalue weighted by Crippen LogP contribution is 2.28. The molecule has 3 heterocycles. The van der Waals surface area contributed by atoms with E-state index in [1.54, 1.807) is 18.5 Å². The predicted octanol–water partition coefficient (Wildman–Crippen LogP) is 3.40. The number of aromatic nitrogens is 3. The second-order valence-corrected chi connectivity index (χ2v) is 8.11. The maximum absolute atomic E-state index is 12.5. The van der Waals surface area contributed by atoms with Crippen LogP contribution in [0.25, 0.3) is 11.0 Å². The summed E-state index contributed by atoms with van der Waals surface area (Å²) < 4.78 is 0. The molecule has 1 aliphatic rings. The van der Waals surface area contributed by atoms with Crippen LogP contribution in [-0.2, 0) is 4.79 Å². The Balaban J connectivity index is 1.43. The summed E-state index contributed by atoms with van der Waals surface area (Å²) in [5.41, 5.74) is 1.60. The van der Waals surface area contributed by atoms with E-state index < -0.39 is 0 Å². The lowest BCUT2D eigenvalue weighted by Gasteiger charge is -2.42. The lowest BCUT2D eigenvalue weighted by atomic mass is 9.92. The van der Waals surface area contributed by atoms with Gasteiger partial charge in [-0.3, -0.25) is 9.69 Å². The number of H-pyrrole nitrogens is 1. The number of likely N-dealkylation sites (tertiary alicyclic amines) is 1. The van der Waals surface area contributed by atoms with Crippen LogP contribution >= 0.6 is 11.6 Å². The average molecular weight is 413 g/mol. The molecule has 152 valence electrons. The number of hydrogen-bond donors (Lipinski definition) is 2. The van der Waals surface area contributed by atoms with Crippen LogP contribution in [0.1, 0.15) is 13.3 Å². The fourth-order valence-electron chi connectivity index (χ4n) is 4.00. The highest BCUT2D eigenvalue weighted by atomic mass is 35.5. The summed E-state index contributed by atoms with van der Waals surface area (Å²) in [6.45, 7) is 4.34. The Kier molecular flexibility index (Phi) is 5.69. The van der Waals surface area contributed by atoms with Crippen LogP contribution in [0, 0.1) is 5.92 Å². The number of piperidine rings is 1. The molecule has 2 unspecified atom stereocenters. The molecule has 2 N–H and O–H groups in total. The molecule has 0 aliphatic carbocycles. The minimum Gasteiger partial charge on any atom is -0.354 e. The van der Waals surface area contributed by atoms with E-state index in [9.17, 15) is 4.79 Å². The van der Waals surface area contributed by atoms with Gasteiger partial charge in [-0.05, 0) is 49.2 Å². The summed E-state index contributed by atoms with van der Waals surface area (Å²) in [7, 11) is 2.08. The number of nitrogens with one attached hydrogen (secondary N) is 2. The zero-order valence-electron chi connectivity index (χ0n) is 16.6. The average Bonchev–Trinajstić information content (AvgIpc) is 3.19. The van der Waals surface area contributed by atoms with E-state index in [1.165, 1.54) is 0 Å². The van der Waals surface area contributed by atoms with E-state index in [4.69, 9.17) is 11.6 Å². The Hall–Kier alpha value is -2.64. The van der Waals surface area contributed by atoms with E-state index in [1.807, 2.05) is 24.4 Å². The van der Waals surface area contributed by atoms with Crippen molar-refractivity contribution in [1.29, 1.82) is 0 Å². The van der Waals surface area contributed by atoms with Gasteiger partial charge < -0.3 is 15.2 Å². The first-order valence-corrected chi connectivity index (χ1v) is 10.2. The van der Waals surface area contributed by atoms with Crippen molar-refractivity contribution in [1.82, 2.24) is 19.9 Å². The molecule has 29 heavy (non-hydrogen) atoms. The molecule has 7 nitrogen and oxygen atoms in total. The van der Waals surface area contributed by atoms with Crippen LogP contribution in [0.3, 0.4) is 0 Å². The first-order valence-electron chi connectivity index (χ1n) is 9.80. The van der Waals surface area contributed by atoms with Crippen LogP contribution in [-0.4, -0.2) is 58.5 Å². The van der Waals surface area contributed by atoms with Crippen molar-refractivity contribution in [2.45, 2.75) is 19.4 Å². The summed E-state index contributed by atoms with van der Waals surface area (Å²) in [6, 6.07) is 9.44. The molecule has 1 aromatic carbocycles. The van der Waals surface area contributed by atoms with E-state index in [0.717, 1.165) is 42.0 Å². The number of likely N-dealkylation sites (N-methyl/N-ethyl adjacent to an activating group) is 1. The van der Waals surface area contributed by atoms with Gasteiger partial charge in [0, 0.05) is 36.5 Å². The predicted molar refractivity (Wildman–Crippen MR) is 116 cm³/mol.